The van der Waals surface area contributed by atoms with Crippen LogP contribution in [0.4, 0.5) is 5.69 Å². The van der Waals surface area contributed by atoms with Crippen LogP contribution in [0.5, 0.6) is 0 Å². The Labute approximate surface area is 189 Å². The van der Waals surface area contributed by atoms with Gasteiger partial charge in [0.25, 0.3) is 0 Å². The fourth-order valence-electron chi connectivity index (χ4n) is 2.75. The van der Waals surface area contributed by atoms with Gasteiger partial charge in [-0.15, -0.1) is 11.8 Å². The third kappa shape index (κ3) is 5.85. The number of carbonyl (C=O) groups excluding carboxylic acids is 2. The van der Waals surface area contributed by atoms with Gasteiger partial charge >= 0.3 is 5.97 Å². The number of rotatable bonds is 7. The predicted molar refractivity (Wildman–Crippen MR) is 121 cm³/mol. The molecule has 31 heavy (non-hydrogen) atoms. The van der Waals surface area contributed by atoms with Crippen LogP contribution in [0.15, 0.2) is 65.7 Å². The first-order valence-electron chi connectivity index (χ1n) is 9.29. The lowest BCUT2D eigenvalue weighted by molar-refractivity contribution is -0.115. The summed E-state index contributed by atoms with van der Waals surface area (Å²) in [6.45, 7) is 0. The minimum absolute atomic E-state index is 0.178. The van der Waals surface area contributed by atoms with E-state index in [0.717, 1.165) is 11.3 Å². The molecule has 0 unspecified atom stereocenters. The Bertz CT molecular complexity index is 1140. The first-order chi connectivity index (χ1) is 15.0. The molecule has 0 saturated heterocycles. The second-order valence-electron chi connectivity index (χ2n) is 6.35. The van der Waals surface area contributed by atoms with Crippen LogP contribution >= 0.6 is 23.4 Å². The van der Waals surface area contributed by atoms with E-state index in [1.54, 1.807) is 48.5 Å². The van der Waals surface area contributed by atoms with Crippen LogP contribution in [0.1, 0.15) is 22.3 Å². The first-order valence-corrected chi connectivity index (χ1v) is 10.6. The number of aromatic nitrogens is 1. The number of amides is 1. The van der Waals surface area contributed by atoms with E-state index in [1.807, 2.05) is 12.1 Å². The van der Waals surface area contributed by atoms with Gasteiger partial charge in [-0.05, 0) is 36.4 Å². The maximum Gasteiger partial charge on any atom is 0.339 e. The van der Waals surface area contributed by atoms with Crippen molar-refractivity contribution in [2.75, 3.05) is 18.2 Å². The van der Waals surface area contributed by atoms with E-state index in [2.05, 4.69) is 16.4 Å². The van der Waals surface area contributed by atoms with E-state index in [-0.39, 0.29) is 17.9 Å². The highest BCUT2D eigenvalue weighted by Gasteiger charge is 2.14. The summed E-state index contributed by atoms with van der Waals surface area (Å²) in [5.41, 5.74) is 2.72. The lowest BCUT2D eigenvalue weighted by atomic mass is 10.1. The molecular weight excluding hydrogens is 434 g/mol. The topological polar surface area (TPSA) is 92.1 Å². The van der Waals surface area contributed by atoms with E-state index >= 15 is 0 Å². The third-order valence-corrected chi connectivity index (χ3v) is 5.54. The molecule has 3 rings (SSSR count). The van der Waals surface area contributed by atoms with Crippen LogP contribution in [0, 0.1) is 11.3 Å². The van der Waals surface area contributed by atoms with Gasteiger partial charge in [0.1, 0.15) is 11.1 Å². The average molecular weight is 452 g/mol. The Morgan fingerprint density at radius 1 is 1.13 bits per heavy atom. The molecule has 2 aromatic carbocycles. The molecule has 6 nitrogen and oxygen atoms in total. The number of ether oxygens (including phenoxy) is 1. The Hall–Kier alpha value is -3.34. The highest BCUT2D eigenvalue weighted by Crippen LogP contribution is 2.27. The maximum atomic E-state index is 12.4. The van der Waals surface area contributed by atoms with E-state index in [0.29, 0.717) is 27.1 Å². The molecule has 1 heterocycles. The zero-order valence-electron chi connectivity index (χ0n) is 16.6. The van der Waals surface area contributed by atoms with Crippen molar-refractivity contribution in [1.82, 2.24) is 4.98 Å². The van der Waals surface area contributed by atoms with Gasteiger partial charge in [-0.3, -0.25) is 4.79 Å². The lowest BCUT2D eigenvalue weighted by Crippen LogP contribution is -2.15. The summed E-state index contributed by atoms with van der Waals surface area (Å²) in [5, 5.41) is 13.3. The van der Waals surface area contributed by atoms with Gasteiger partial charge in [-0.2, -0.15) is 5.26 Å². The van der Waals surface area contributed by atoms with Crippen LogP contribution in [0.2, 0.25) is 5.02 Å². The van der Waals surface area contributed by atoms with Crippen molar-refractivity contribution < 1.29 is 14.3 Å². The minimum Gasteiger partial charge on any atom is -0.465 e. The number of halogens is 1. The molecular formula is C23H18ClN3O3S. The molecule has 0 bridgehead atoms. The minimum atomic E-state index is -0.521. The molecule has 8 heteroatoms. The Morgan fingerprint density at radius 2 is 1.87 bits per heavy atom. The SMILES string of the molecule is COC(=O)c1ccccc1NC(=O)CCSc1nc(-c2ccc(Cl)cc2)ccc1C#N. The van der Waals surface area contributed by atoms with Crippen molar-refractivity contribution >= 4 is 40.9 Å². The molecule has 0 saturated carbocycles. The second kappa shape index (κ2) is 10.6. The van der Waals surface area contributed by atoms with Crippen LogP contribution in [-0.2, 0) is 9.53 Å². The summed E-state index contributed by atoms with van der Waals surface area (Å²) in [4.78, 5) is 28.8. The number of carbonyl (C=O) groups is 2. The number of nitriles is 1. The number of hydrogen-bond acceptors (Lipinski definition) is 6. The summed E-state index contributed by atoms with van der Waals surface area (Å²) >= 11 is 7.26. The standard InChI is InChI=1S/C23H18ClN3O3S/c1-30-23(29)18-4-2-3-5-20(18)26-21(28)12-13-31-22-16(14-25)8-11-19(27-22)15-6-9-17(24)10-7-15/h2-11H,12-13H2,1H3,(H,26,28). The van der Waals surface area contributed by atoms with Crippen molar-refractivity contribution in [3.05, 3.63) is 76.8 Å². The largest absolute Gasteiger partial charge is 0.465 e. The molecule has 156 valence electrons. The number of esters is 1. The molecule has 1 amide bonds. The fraction of sp³-hybridized carbons (Fsp3) is 0.130. The molecule has 0 atom stereocenters. The van der Waals surface area contributed by atoms with Gasteiger partial charge in [0.2, 0.25) is 5.91 Å². The van der Waals surface area contributed by atoms with E-state index < -0.39 is 5.97 Å². The van der Waals surface area contributed by atoms with Gasteiger partial charge in [0, 0.05) is 22.8 Å². The molecule has 0 aliphatic rings. The number of pyridine rings is 1. The highest BCUT2D eigenvalue weighted by molar-refractivity contribution is 7.99. The molecule has 0 radical (unpaired) electrons. The van der Waals surface area contributed by atoms with Crippen molar-refractivity contribution in [3.8, 4) is 17.3 Å². The second-order valence-corrected chi connectivity index (χ2v) is 7.87. The predicted octanol–water partition coefficient (Wildman–Crippen LogP) is 5.18. The number of hydrogen-bond donors (Lipinski definition) is 1. The van der Waals surface area contributed by atoms with Crippen molar-refractivity contribution in [2.24, 2.45) is 0 Å². The number of benzene rings is 2. The summed E-state index contributed by atoms with van der Waals surface area (Å²) in [5.74, 6) is -0.360. The van der Waals surface area contributed by atoms with Gasteiger partial charge in [0.15, 0.2) is 0 Å². The molecule has 1 N–H and O–H groups in total. The molecule has 1 aromatic heterocycles. The number of para-hydroxylation sites is 1. The van der Waals surface area contributed by atoms with E-state index in [9.17, 15) is 14.9 Å². The molecule has 0 aliphatic carbocycles. The van der Waals surface area contributed by atoms with Crippen LogP contribution in [0.3, 0.4) is 0 Å². The Morgan fingerprint density at radius 3 is 2.58 bits per heavy atom. The van der Waals surface area contributed by atoms with Gasteiger partial charge < -0.3 is 10.1 Å². The first kappa shape index (κ1) is 22.3. The third-order valence-electron chi connectivity index (χ3n) is 4.30. The molecule has 0 fully saturated rings. The lowest BCUT2D eigenvalue weighted by Gasteiger charge is -2.10. The summed E-state index contributed by atoms with van der Waals surface area (Å²) < 4.78 is 4.74. The van der Waals surface area contributed by atoms with Crippen LogP contribution < -0.4 is 5.32 Å². The number of nitrogens with one attached hydrogen (secondary N) is 1. The number of methoxy groups -OCH3 is 1. The van der Waals surface area contributed by atoms with Gasteiger partial charge in [-0.1, -0.05) is 35.9 Å². The summed E-state index contributed by atoms with van der Waals surface area (Å²) in [7, 11) is 1.29. The van der Waals surface area contributed by atoms with Crippen LogP contribution in [0.25, 0.3) is 11.3 Å². The monoisotopic (exact) mass is 451 g/mol. The normalized spacial score (nSPS) is 10.2. The molecule has 0 aliphatic heterocycles. The number of anilines is 1. The number of thioether (sulfide) groups is 1. The summed E-state index contributed by atoms with van der Waals surface area (Å²) in [6, 6.07) is 19.5. The van der Waals surface area contributed by atoms with E-state index in [1.165, 1.54) is 18.9 Å². The maximum absolute atomic E-state index is 12.4. The Kier molecular flexibility index (Phi) is 7.65. The molecule has 3 aromatic rings. The van der Waals surface area contributed by atoms with Crippen molar-refractivity contribution in [1.29, 1.82) is 5.26 Å². The zero-order valence-corrected chi connectivity index (χ0v) is 18.2. The average Bonchev–Trinajstić information content (AvgIpc) is 2.79. The number of nitrogens with zero attached hydrogens (tertiary/aromatic N) is 2. The van der Waals surface area contributed by atoms with Crippen molar-refractivity contribution in [3.63, 3.8) is 0 Å². The van der Waals surface area contributed by atoms with Gasteiger partial charge in [0.05, 0.1) is 29.6 Å². The quantitative estimate of drug-likeness (QED) is 0.393. The van der Waals surface area contributed by atoms with Crippen LogP contribution in [-0.4, -0.2) is 29.7 Å². The molecule has 0 spiro atoms. The highest BCUT2D eigenvalue weighted by atomic mass is 35.5. The summed E-state index contributed by atoms with van der Waals surface area (Å²) in [6.07, 6.45) is 0.178. The van der Waals surface area contributed by atoms with E-state index in [4.69, 9.17) is 16.3 Å². The van der Waals surface area contributed by atoms with Crippen molar-refractivity contribution in [2.45, 2.75) is 11.4 Å². The smallest absolute Gasteiger partial charge is 0.339 e. The van der Waals surface area contributed by atoms with Gasteiger partial charge in [-0.25, -0.2) is 9.78 Å². The zero-order chi connectivity index (χ0) is 22.2. The fourth-order valence-corrected chi connectivity index (χ4v) is 3.79. The Balaban J connectivity index is 1.66.